The lowest BCUT2D eigenvalue weighted by molar-refractivity contribution is -0.115. The highest BCUT2D eigenvalue weighted by molar-refractivity contribution is 8.00. The summed E-state index contributed by atoms with van der Waals surface area (Å²) in [6, 6.07) is 7.96. The van der Waals surface area contributed by atoms with Gasteiger partial charge >= 0.3 is 6.03 Å². The molecule has 3 rings (SSSR count). The molecule has 0 radical (unpaired) electrons. The Morgan fingerprint density at radius 3 is 2.83 bits per heavy atom. The van der Waals surface area contributed by atoms with Crippen LogP contribution in [0.2, 0.25) is 0 Å². The Morgan fingerprint density at radius 1 is 1.21 bits per heavy atom. The van der Waals surface area contributed by atoms with Crippen LogP contribution in [0.15, 0.2) is 29.2 Å². The third kappa shape index (κ3) is 4.21. The lowest BCUT2D eigenvalue weighted by Gasteiger charge is -2.26. The van der Waals surface area contributed by atoms with Gasteiger partial charge in [0.1, 0.15) is 0 Å². The lowest BCUT2D eigenvalue weighted by Crippen LogP contribution is -2.41. The number of fused-ring (bicyclic) bond motifs is 1. The molecule has 2 aliphatic heterocycles. The number of thioether (sulfide) groups is 1. The van der Waals surface area contributed by atoms with Crippen LogP contribution in [0.25, 0.3) is 0 Å². The number of rotatable bonds is 4. The van der Waals surface area contributed by atoms with Crippen LogP contribution in [-0.2, 0) is 4.79 Å². The SMILES string of the molecule is NC(=O)CSc1ccccc1NC(=O)N1CCCN2CCC[C@H]2C1. The fourth-order valence-corrected chi connectivity index (χ4v) is 4.18. The molecule has 6 nitrogen and oxygen atoms in total. The topological polar surface area (TPSA) is 78.7 Å². The standard InChI is InChI=1S/C17H24N4O2S/c18-16(22)12-24-15-7-2-1-6-14(15)19-17(23)21-10-4-9-20-8-3-5-13(20)11-21/h1-2,6-7,13H,3-5,8-12H2,(H2,18,22)(H,19,23)/t13-/m0/s1. The maximum atomic E-state index is 12.7. The van der Waals surface area contributed by atoms with Crippen LogP contribution >= 0.6 is 11.8 Å². The molecule has 1 aromatic rings. The van der Waals surface area contributed by atoms with Crippen LogP contribution in [0, 0.1) is 0 Å². The van der Waals surface area contributed by atoms with E-state index in [0.717, 1.165) is 43.2 Å². The zero-order valence-electron chi connectivity index (χ0n) is 13.7. The number of benzene rings is 1. The van der Waals surface area contributed by atoms with E-state index in [0.29, 0.717) is 6.04 Å². The van der Waals surface area contributed by atoms with E-state index in [2.05, 4.69) is 10.2 Å². The van der Waals surface area contributed by atoms with Gasteiger partial charge in [0, 0.05) is 30.6 Å². The molecule has 7 heteroatoms. The average Bonchev–Trinajstić information content (AvgIpc) is 2.90. The Labute approximate surface area is 146 Å². The maximum Gasteiger partial charge on any atom is 0.321 e. The summed E-state index contributed by atoms with van der Waals surface area (Å²) in [4.78, 5) is 29.0. The molecular weight excluding hydrogens is 324 g/mol. The molecule has 0 unspecified atom stereocenters. The van der Waals surface area contributed by atoms with E-state index in [1.807, 2.05) is 29.2 Å². The van der Waals surface area contributed by atoms with E-state index in [-0.39, 0.29) is 17.7 Å². The van der Waals surface area contributed by atoms with E-state index in [1.54, 1.807) is 0 Å². The van der Waals surface area contributed by atoms with Gasteiger partial charge in [0.15, 0.2) is 0 Å². The van der Waals surface area contributed by atoms with Gasteiger partial charge in [-0.25, -0.2) is 4.79 Å². The number of amides is 3. The number of hydrogen-bond acceptors (Lipinski definition) is 4. The Morgan fingerprint density at radius 2 is 2.00 bits per heavy atom. The fraction of sp³-hybridized carbons (Fsp3) is 0.529. The smallest absolute Gasteiger partial charge is 0.321 e. The summed E-state index contributed by atoms with van der Waals surface area (Å²) >= 11 is 1.35. The van der Waals surface area contributed by atoms with Crippen molar-refractivity contribution in [3.63, 3.8) is 0 Å². The Hall–Kier alpha value is -1.73. The maximum absolute atomic E-state index is 12.7. The molecule has 0 aromatic heterocycles. The van der Waals surface area contributed by atoms with E-state index < -0.39 is 0 Å². The predicted molar refractivity (Wildman–Crippen MR) is 96.2 cm³/mol. The molecule has 2 aliphatic rings. The molecule has 0 saturated carbocycles. The van der Waals surface area contributed by atoms with E-state index in [4.69, 9.17) is 5.73 Å². The van der Waals surface area contributed by atoms with Crippen molar-refractivity contribution in [1.29, 1.82) is 0 Å². The van der Waals surface area contributed by atoms with Crippen molar-refractivity contribution in [3.8, 4) is 0 Å². The number of hydrogen-bond donors (Lipinski definition) is 2. The predicted octanol–water partition coefficient (Wildman–Crippen LogP) is 1.97. The third-order valence-electron chi connectivity index (χ3n) is 4.59. The summed E-state index contributed by atoms with van der Waals surface area (Å²) in [6.45, 7) is 3.82. The van der Waals surface area contributed by atoms with Crippen molar-refractivity contribution in [1.82, 2.24) is 9.80 Å². The van der Waals surface area contributed by atoms with Crippen LogP contribution < -0.4 is 11.1 Å². The zero-order chi connectivity index (χ0) is 16.9. The summed E-state index contributed by atoms with van der Waals surface area (Å²) in [5, 5.41) is 3.01. The number of primary amides is 1. The first-order valence-electron chi connectivity index (χ1n) is 8.43. The zero-order valence-corrected chi connectivity index (χ0v) is 14.6. The highest BCUT2D eigenvalue weighted by atomic mass is 32.2. The summed E-state index contributed by atoms with van der Waals surface area (Å²) in [5.41, 5.74) is 5.95. The molecule has 2 fully saturated rings. The number of nitrogens with one attached hydrogen (secondary N) is 1. The number of carbonyl (C=O) groups excluding carboxylic acids is 2. The van der Waals surface area contributed by atoms with E-state index >= 15 is 0 Å². The normalized spacial score (nSPS) is 21.2. The molecule has 1 aromatic carbocycles. The van der Waals surface area contributed by atoms with Gasteiger partial charge in [0.2, 0.25) is 5.91 Å². The van der Waals surface area contributed by atoms with Crippen molar-refractivity contribution in [2.24, 2.45) is 5.73 Å². The number of anilines is 1. The molecule has 3 amide bonds. The second-order valence-electron chi connectivity index (χ2n) is 6.31. The van der Waals surface area contributed by atoms with Crippen molar-refractivity contribution in [2.75, 3.05) is 37.2 Å². The molecule has 3 N–H and O–H groups in total. The lowest BCUT2D eigenvalue weighted by atomic mass is 10.2. The van der Waals surface area contributed by atoms with Gasteiger partial charge in [-0.2, -0.15) is 0 Å². The van der Waals surface area contributed by atoms with E-state index in [9.17, 15) is 9.59 Å². The Balaban J connectivity index is 1.64. The van der Waals surface area contributed by atoms with E-state index in [1.165, 1.54) is 24.6 Å². The minimum Gasteiger partial charge on any atom is -0.369 e. The fourth-order valence-electron chi connectivity index (χ4n) is 3.43. The van der Waals surface area contributed by atoms with Crippen LogP contribution in [0.1, 0.15) is 19.3 Å². The summed E-state index contributed by atoms with van der Waals surface area (Å²) in [7, 11) is 0. The van der Waals surface area contributed by atoms with Crippen LogP contribution in [0.4, 0.5) is 10.5 Å². The summed E-state index contributed by atoms with van der Waals surface area (Å²) in [5.74, 6) is -0.164. The van der Waals surface area contributed by atoms with Crippen LogP contribution in [0.3, 0.4) is 0 Å². The molecule has 2 heterocycles. The van der Waals surface area contributed by atoms with Gasteiger partial charge in [-0.05, 0) is 37.9 Å². The van der Waals surface area contributed by atoms with Crippen molar-refractivity contribution >= 4 is 29.4 Å². The first kappa shape index (κ1) is 17.1. The second-order valence-corrected chi connectivity index (χ2v) is 7.33. The number of nitrogens with zero attached hydrogens (tertiary/aromatic N) is 2. The second kappa shape index (κ2) is 7.90. The molecule has 0 aliphatic carbocycles. The summed E-state index contributed by atoms with van der Waals surface area (Å²) < 4.78 is 0. The number of para-hydroxylation sites is 1. The van der Waals surface area contributed by atoms with Gasteiger partial charge in [-0.3, -0.25) is 9.69 Å². The highest BCUT2D eigenvalue weighted by Gasteiger charge is 2.30. The largest absolute Gasteiger partial charge is 0.369 e. The number of carbonyl (C=O) groups is 2. The van der Waals surface area contributed by atoms with Gasteiger partial charge < -0.3 is 16.0 Å². The van der Waals surface area contributed by atoms with Crippen molar-refractivity contribution in [2.45, 2.75) is 30.2 Å². The Bertz CT molecular complexity index is 610. The van der Waals surface area contributed by atoms with Gasteiger partial charge in [0.25, 0.3) is 0 Å². The number of urea groups is 1. The average molecular weight is 348 g/mol. The molecular formula is C17H24N4O2S. The van der Waals surface area contributed by atoms with Crippen molar-refractivity contribution in [3.05, 3.63) is 24.3 Å². The number of nitrogens with two attached hydrogens (primary N) is 1. The monoisotopic (exact) mass is 348 g/mol. The summed E-state index contributed by atoms with van der Waals surface area (Å²) in [6.07, 6.45) is 3.42. The van der Waals surface area contributed by atoms with Crippen LogP contribution in [0.5, 0.6) is 0 Å². The molecule has 130 valence electrons. The third-order valence-corrected chi connectivity index (χ3v) is 5.69. The molecule has 2 saturated heterocycles. The minimum atomic E-state index is -0.366. The molecule has 0 bridgehead atoms. The van der Waals surface area contributed by atoms with Crippen LogP contribution in [-0.4, -0.2) is 59.7 Å². The molecule has 0 spiro atoms. The quantitative estimate of drug-likeness (QED) is 0.816. The first-order chi connectivity index (χ1) is 11.6. The first-order valence-corrected chi connectivity index (χ1v) is 9.42. The Kier molecular flexibility index (Phi) is 5.63. The molecule has 1 atom stereocenters. The van der Waals surface area contributed by atoms with Gasteiger partial charge in [-0.1, -0.05) is 12.1 Å². The van der Waals surface area contributed by atoms with Gasteiger partial charge in [0.05, 0.1) is 11.4 Å². The molecule has 24 heavy (non-hydrogen) atoms. The minimum absolute atomic E-state index is 0.0594. The van der Waals surface area contributed by atoms with Crippen molar-refractivity contribution < 1.29 is 9.59 Å². The van der Waals surface area contributed by atoms with Gasteiger partial charge in [-0.15, -0.1) is 11.8 Å². The highest BCUT2D eigenvalue weighted by Crippen LogP contribution is 2.27.